The summed E-state index contributed by atoms with van der Waals surface area (Å²) in [6, 6.07) is 10.0. The van der Waals surface area contributed by atoms with Gasteiger partial charge < -0.3 is 0 Å². The van der Waals surface area contributed by atoms with E-state index >= 15 is 0 Å². The number of para-hydroxylation sites is 1. The van der Waals surface area contributed by atoms with E-state index in [1.165, 1.54) is 0 Å². The molecule has 0 saturated carbocycles. The van der Waals surface area contributed by atoms with E-state index in [0.29, 0.717) is 0 Å². The van der Waals surface area contributed by atoms with E-state index in [9.17, 15) is 0 Å². The van der Waals surface area contributed by atoms with Crippen molar-refractivity contribution < 1.29 is 0 Å². The molecule has 1 aromatic carbocycles. The normalized spacial score (nSPS) is 11.6. The molecule has 0 saturated heterocycles. The molecule has 6 heteroatoms. The minimum Gasteiger partial charge on any atom is -0.266 e. The van der Waals surface area contributed by atoms with Crippen molar-refractivity contribution in [1.82, 2.24) is 29.4 Å². The highest BCUT2D eigenvalue weighted by Gasteiger charge is 2.18. The highest BCUT2D eigenvalue weighted by atomic mass is 15.3. The maximum Gasteiger partial charge on any atom is 0.175 e. The van der Waals surface area contributed by atoms with E-state index in [1.807, 2.05) is 60.2 Å². The lowest BCUT2D eigenvalue weighted by Gasteiger charge is -2.04. The Balaban J connectivity index is 2.17. The fourth-order valence-electron chi connectivity index (χ4n) is 2.74. The van der Waals surface area contributed by atoms with E-state index in [4.69, 9.17) is 4.98 Å². The fourth-order valence-corrected chi connectivity index (χ4v) is 2.74. The minimum atomic E-state index is 0.815. The first-order chi connectivity index (χ1) is 10.2. The van der Waals surface area contributed by atoms with Crippen molar-refractivity contribution in [2.24, 2.45) is 0 Å². The Hall–Kier alpha value is -2.76. The Bertz CT molecular complexity index is 964. The molecule has 0 spiro atoms. The molecule has 21 heavy (non-hydrogen) atoms. The second-order valence-corrected chi connectivity index (χ2v) is 5.10. The maximum atomic E-state index is 4.72. The van der Waals surface area contributed by atoms with Crippen molar-refractivity contribution in [3.63, 3.8) is 0 Å². The third-order valence-electron chi connectivity index (χ3n) is 3.68. The lowest BCUT2D eigenvalue weighted by Crippen LogP contribution is -2.02. The topological polar surface area (TPSA) is 60.9 Å². The average Bonchev–Trinajstić information content (AvgIpc) is 3.02. The predicted molar refractivity (Wildman–Crippen MR) is 79.6 cm³/mol. The lowest BCUT2D eigenvalue weighted by molar-refractivity contribution is 0.865. The van der Waals surface area contributed by atoms with E-state index in [-0.39, 0.29) is 0 Å². The number of hydrogen-bond acceptors (Lipinski definition) is 4. The summed E-state index contributed by atoms with van der Waals surface area (Å²) in [5, 5.41) is 14.0. The summed E-state index contributed by atoms with van der Waals surface area (Å²) in [5.74, 6) is 1.70. The number of rotatable bonds is 1. The van der Waals surface area contributed by atoms with Crippen LogP contribution < -0.4 is 0 Å². The van der Waals surface area contributed by atoms with Gasteiger partial charge in [-0.25, -0.2) is 9.67 Å². The van der Waals surface area contributed by atoms with E-state index < -0.39 is 0 Å². The first-order valence-corrected chi connectivity index (χ1v) is 6.80. The molecule has 0 fully saturated rings. The van der Waals surface area contributed by atoms with Gasteiger partial charge in [-0.3, -0.25) is 4.40 Å². The third-order valence-corrected chi connectivity index (χ3v) is 3.68. The molecule has 0 bridgehead atoms. The zero-order valence-electron chi connectivity index (χ0n) is 12.1. The van der Waals surface area contributed by atoms with Gasteiger partial charge in [-0.2, -0.15) is 5.10 Å². The summed E-state index contributed by atoms with van der Waals surface area (Å²) in [6.07, 6.45) is 0. The monoisotopic (exact) mass is 278 g/mol. The number of benzene rings is 1. The smallest absolute Gasteiger partial charge is 0.175 e. The van der Waals surface area contributed by atoms with Crippen LogP contribution in [0.4, 0.5) is 0 Å². The Labute approximate surface area is 121 Å². The van der Waals surface area contributed by atoms with Crippen molar-refractivity contribution in [3.05, 3.63) is 47.7 Å². The van der Waals surface area contributed by atoms with Crippen LogP contribution in [0.2, 0.25) is 0 Å². The molecule has 3 aromatic heterocycles. The number of nitrogens with zero attached hydrogens (tertiary/aromatic N) is 6. The van der Waals surface area contributed by atoms with Gasteiger partial charge in [-0.05, 0) is 32.9 Å². The molecule has 0 atom stereocenters. The Morgan fingerprint density at radius 2 is 1.62 bits per heavy atom. The summed E-state index contributed by atoms with van der Waals surface area (Å²) >= 11 is 0. The van der Waals surface area contributed by atoms with Crippen LogP contribution in [0.5, 0.6) is 0 Å². The van der Waals surface area contributed by atoms with Crippen LogP contribution in [0, 0.1) is 20.8 Å². The van der Waals surface area contributed by atoms with E-state index in [2.05, 4.69) is 15.3 Å². The second-order valence-electron chi connectivity index (χ2n) is 5.10. The molecule has 0 N–H and O–H groups in total. The average molecular weight is 278 g/mol. The molecule has 4 aromatic rings. The third kappa shape index (κ3) is 1.59. The molecular weight excluding hydrogens is 264 g/mol. The van der Waals surface area contributed by atoms with Crippen molar-refractivity contribution in [3.8, 4) is 5.69 Å². The van der Waals surface area contributed by atoms with Crippen molar-refractivity contribution in [2.75, 3.05) is 0 Å². The predicted octanol–water partition coefficient (Wildman–Crippen LogP) is 2.39. The molecule has 0 aliphatic carbocycles. The largest absolute Gasteiger partial charge is 0.266 e. The first-order valence-electron chi connectivity index (χ1n) is 6.80. The number of hydrogen-bond donors (Lipinski definition) is 0. The molecule has 0 amide bonds. The highest BCUT2D eigenvalue weighted by Crippen LogP contribution is 2.24. The molecule has 6 nitrogen and oxygen atoms in total. The van der Waals surface area contributed by atoms with Gasteiger partial charge in [-0.15, -0.1) is 10.2 Å². The summed E-state index contributed by atoms with van der Waals surface area (Å²) in [5.41, 5.74) is 3.52. The van der Waals surface area contributed by atoms with Crippen LogP contribution in [0.25, 0.3) is 22.4 Å². The second kappa shape index (κ2) is 4.12. The SMILES string of the molecule is Cc1nn(-c2ccccc2)c2nc(C)n3c(C)nnc3c12. The molecule has 0 radical (unpaired) electrons. The fraction of sp³-hybridized carbons (Fsp3) is 0.200. The summed E-state index contributed by atoms with van der Waals surface area (Å²) < 4.78 is 3.83. The van der Waals surface area contributed by atoms with Crippen LogP contribution in [0.1, 0.15) is 17.3 Å². The summed E-state index contributed by atoms with van der Waals surface area (Å²) in [6.45, 7) is 5.86. The van der Waals surface area contributed by atoms with Crippen LogP contribution >= 0.6 is 0 Å². The minimum absolute atomic E-state index is 0.815. The van der Waals surface area contributed by atoms with Gasteiger partial charge in [0.1, 0.15) is 11.6 Å². The van der Waals surface area contributed by atoms with Crippen LogP contribution in [-0.2, 0) is 0 Å². The van der Waals surface area contributed by atoms with Gasteiger partial charge in [0.25, 0.3) is 0 Å². The molecule has 3 heterocycles. The molecule has 104 valence electrons. The Morgan fingerprint density at radius 1 is 0.857 bits per heavy atom. The Kier molecular flexibility index (Phi) is 2.35. The van der Waals surface area contributed by atoms with Gasteiger partial charge in [0, 0.05) is 0 Å². The first kappa shape index (κ1) is 12.0. The van der Waals surface area contributed by atoms with Gasteiger partial charge >= 0.3 is 0 Å². The summed E-state index contributed by atoms with van der Waals surface area (Å²) in [7, 11) is 0. The highest BCUT2D eigenvalue weighted by molar-refractivity contribution is 5.92. The number of fused-ring (bicyclic) bond motifs is 3. The number of aryl methyl sites for hydroxylation is 3. The van der Waals surface area contributed by atoms with Crippen molar-refractivity contribution >= 4 is 16.7 Å². The molecular formula is C15H14N6. The quantitative estimate of drug-likeness (QED) is 0.536. The van der Waals surface area contributed by atoms with E-state index in [0.717, 1.165) is 39.7 Å². The van der Waals surface area contributed by atoms with Crippen molar-refractivity contribution in [1.29, 1.82) is 0 Å². The lowest BCUT2D eigenvalue weighted by atomic mass is 10.3. The summed E-state index contributed by atoms with van der Waals surface area (Å²) in [4.78, 5) is 4.72. The van der Waals surface area contributed by atoms with Gasteiger partial charge in [0.05, 0.1) is 16.8 Å². The molecule has 0 aliphatic rings. The zero-order chi connectivity index (χ0) is 14.6. The van der Waals surface area contributed by atoms with Crippen LogP contribution in [0.3, 0.4) is 0 Å². The van der Waals surface area contributed by atoms with Gasteiger partial charge in [-0.1, -0.05) is 18.2 Å². The zero-order valence-corrected chi connectivity index (χ0v) is 12.1. The molecule has 0 aliphatic heterocycles. The van der Waals surface area contributed by atoms with Crippen LogP contribution in [0.15, 0.2) is 30.3 Å². The number of aromatic nitrogens is 6. The van der Waals surface area contributed by atoms with Crippen LogP contribution in [-0.4, -0.2) is 29.4 Å². The maximum absolute atomic E-state index is 4.72. The van der Waals surface area contributed by atoms with Crippen molar-refractivity contribution in [2.45, 2.75) is 20.8 Å². The standard InChI is InChI=1S/C15H14N6/c1-9-13-14(21(19-9)12-7-5-4-6-8-12)16-10(2)20-11(3)17-18-15(13)20/h4-8H,1-3H3. The molecule has 4 rings (SSSR count). The Morgan fingerprint density at radius 3 is 2.38 bits per heavy atom. The van der Waals surface area contributed by atoms with Gasteiger partial charge in [0.15, 0.2) is 11.3 Å². The van der Waals surface area contributed by atoms with Gasteiger partial charge in [0.2, 0.25) is 0 Å². The molecule has 0 unspecified atom stereocenters. The van der Waals surface area contributed by atoms with E-state index in [1.54, 1.807) is 0 Å².